The van der Waals surface area contributed by atoms with Crippen LogP contribution in [0.4, 0.5) is 13.2 Å². The average molecular weight is 734 g/mol. The molecule has 0 saturated carbocycles. The van der Waals surface area contributed by atoms with Crippen LogP contribution >= 0.6 is 0 Å². The van der Waals surface area contributed by atoms with Gasteiger partial charge in [-0.2, -0.15) is 18.4 Å². The van der Waals surface area contributed by atoms with Gasteiger partial charge in [0.2, 0.25) is 0 Å². The number of rotatable bonds is 5. The summed E-state index contributed by atoms with van der Waals surface area (Å²) >= 11 is 0. The molecular formula is C46H26F3N7. The summed E-state index contributed by atoms with van der Waals surface area (Å²) in [5.74, 6) is 1.07. The molecule has 6 aromatic carbocycles. The molecule has 0 amide bonds. The fraction of sp³-hybridized carbons (Fsp3) is 0.0217. The van der Waals surface area contributed by atoms with Crippen LogP contribution in [0, 0.1) is 11.3 Å². The molecule has 0 N–H and O–H groups in total. The van der Waals surface area contributed by atoms with Crippen molar-refractivity contribution < 1.29 is 13.2 Å². The van der Waals surface area contributed by atoms with E-state index in [2.05, 4.69) is 26.0 Å². The molecule has 56 heavy (non-hydrogen) atoms. The van der Waals surface area contributed by atoms with Gasteiger partial charge in [0.1, 0.15) is 6.07 Å². The summed E-state index contributed by atoms with van der Waals surface area (Å²) in [6.07, 6.45) is 2.14. The second kappa shape index (κ2) is 12.7. The summed E-state index contributed by atoms with van der Waals surface area (Å²) in [4.78, 5) is 17.9. The van der Waals surface area contributed by atoms with Crippen LogP contribution in [-0.2, 0) is 6.18 Å². The number of halogens is 3. The summed E-state index contributed by atoms with van der Waals surface area (Å²) < 4.78 is 47.1. The molecule has 0 aliphatic carbocycles. The highest BCUT2D eigenvalue weighted by molar-refractivity contribution is 6.12. The van der Waals surface area contributed by atoms with Gasteiger partial charge in [-0.3, -0.25) is 0 Å². The predicted molar refractivity (Wildman–Crippen MR) is 212 cm³/mol. The van der Waals surface area contributed by atoms with Crippen molar-refractivity contribution in [2.75, 3.05) is 0 Å². The van der Waals surface area contributed by atoms with Gasteiger partial charge < -0.3 is 9.13 Å². The number of alkyl halides is 3. The van der Waals surface area contributed by atoms with Crippen LogP contribution in [0.1, 0.15) is 11.1 Å². The van der Waals surface area contributed by atoms with Gasteiger partial charge in [-0.25, -0.2) is 19.9 Å². The maximum absolute atomic E-state index is 14.4. The smallest absolute Gasteiger partial charge is 0.309 e. The maximum Gasteiger partial charge on any atom is 0.416 e. The first-order chi connectivity index (χ1) is 27.4. The summed E-state index contributed by atoms with van der Waals surface area (Å²) in [5, 5.41) is 14.8. The molecule has 0 saturated heterocycles. The van der Waals surface area contributed by atoms with E-state index in [0.717, 1.165) is 60.8 Å². The Morgan fingerprint density at radius 2 is 0.982 bits per heavy atom. The molecule has 10 heteroatoms. The van der Waals surface area contributed by atoms with Crippen molar-refractivity contribution in [1.29, 1.82) is 5.26 Å². The van der Waals surface area contributed by atoms with E-state index in [4.69, 9.17) is 0 Å². The summed E-state index contributed by atoms with van der Waals surface area (Å²) in [6.45, 7) is 0. The monoisotopic (exact) mass is 733 g/mol. The molecular weight excluding hydrogens is 708 g/mol. The topological polar surface area (TPSA) is 85.2 Å². The Kier molecular flexibility index (Phi) is 7.50. The molecule has 10 rings (SSSR count). The van der Waals surface area contributed by atoms with Gasteiger partial charge in [-0.1, -0.05) is 72.8 Å². The molecule has 0 fully saturated rings. The van der Waals surface area contributed by atoms with Crippen molar-refractivity contribution in [3.05, 3.63) is 169 Å². The fourth-order valence-corrected chi connectivity index (χ4v) is 7.77. The highest BCUT2D eigenvalue weighted by Gasteiger charge is 2.31. The highest BCUT2D eigenvalue weighted by Crippen LogP contribution is 2.43. The van der Waals surface area contributed by atoms with E-state index in [9.17, 15) is 18.4 Å². The molecule has 0 aliphatic rings. The fourth-order valence-electron chi connectivity index (χ4n) is 7.77. The number of fused-ring (bicyclic) bond motifs is 6. The molecule has 0 radical (unpaired) electrons. The van der Waals surface area contributed by atoms with E-state index in [0.29, 0.717) is 39.7 Å². The van der Waals surface area contributed by atoms with Gasteiger partial charge in [0.05, 0.1) is 44.6 Å². The second-order valence-corrected chi connectivity index (χ2v) is 13.4. The minimum absolute atomic E-state index is 0.327. The molecule has 4 heterocycles. The molecule has 0 aliphatic heterocycles. The minimum Gasteiger partial charge on any atom is -0.309 e. The number of nitriles is 1. The maximum atomic E-state index is 14.4. The molecule has 0 spiro atoms. The lowest BCUT2D eigenvalue weighted by Gasteiger charge is -2.19. The number of benzene rings is 6. The van der Waals surface area contributed by atoms with Crippen LogP contribution in [0.2, 0.25) is 0 Å². The van der Waals surface area contributed by atoms with Crippen LogP contribution in [0.5, 0.6) is 0 Å². The molecule has 10 aromatic rings. The second-order valence-electron chi connectivity index (χ2n) is 13.4. The minimum atomic E-state index is -4.58. The van der Waals surface area contributed by atoms with Crippen LogP contribution < -0.4 is 0 Å². The van der Waals surface area contributed by atoms with Gasteiger partial charge in [0, 0.05) is 63.0 Å². The number of para-hydroxylation sites is 2. The van der Waals surface area contributed by atoms with Gasteiger partial charge in [0.25, 0.3) is 0 Å². The van der Waals surface area contributed by atoms with Gasteiger partial charge in [-0.05, 0) is 66.2 Å². The van der Waals surface area contributed by atoms with E-state index >= 15 is 0 Å². The Balaban J connectivity index is 1.32. The first-order valence-electron chi connectivity index (χ1n) is 17.7. The highest BCUT2D eigenvalue weighted by atomic mass is 19.4. The third-order valence-corrected chi connectivity index (χ3v) is 10.2. The number of hydrogen-bond donors (Lipinski definition) is 0. The zero-order valence-corrected chi connectivity index (χ0v) is 29.3. The third kappa shape index (κ3) is 5.28. The number of aromatic nitrogens is 6. The zero-order chi connectivity index (χ0) is 38.0. The van der Waals surface area contributed by atoms with E-state index in [1.807, 2.05) is 100 Å². The van der Waals surface area contributed by atoms with E-state index in [1.165, 1.54) is 12.1 Å². The Hall–Kier alpha value is -7.64. The molecule has 0 bridgehead atoms. The SMILES string of the molecule is N#Cc1cc(-n2c3ccccc3c3ccc(-c4ncccn4)cc32)c(-c2cccc(C(F)(F)F)c2)cc1-n1c2ccccc2c2ccc(-c3ncccn3)cc21. The average Bonchev–Trinajstić information content (AvgIpc) is 3.75. The van der Waals surface area contributed by atoms with Gasteiger partial charge in [-0.15, -0.1) is 0 Å². The Morgan fingerprint density at radius 1 is 0.464 bits per heavy atom. The Labute approximate surface area is 317 Å². The van der Waals surface area contributed by atoms with Crippen molar-refractivity contribution in [3.8, 4) is 51.3 Å². The van der Waals surface area contributed by atoms with Crippen LogP contribution in [0.3, 0.4) is 0 Å². The Bertz CT molecular complexity index is 3200. The quantitative estimate of drug-likeness (QED) is 0.176. The lowest BCUT2D eigenvalue weighted by atomic mass is 9.97. The molecule has 7 nitrogen and oxygen atoms in total. The normalized spacial score (nSPS) is 11.8. The number of hydrogen-bond acceptors (Lipinski definition) is 5. The first kappa shape index (κ1) is 33.0. The predicted octanol–water partition coefficient (Wildman–Crippen LogP) is 11.4. The molecule has 0 unspecified atom stereocenters. The van der Waals surface area contributed by atoms with Crippen LogP contribution in [0.15, 0.2) is 158 Å². The van der Waals surface area contributed by atoms with E-state index < -0.39 is 11.7 Å². The summed E-state index contributed by atoms with van der Waals surface area (Å²) in [7, 11) is 0. The van der Waals surface area contributed by atoms with Crippen molar-refractivity contribution in [2.24, 2.45) is 0 Å². The Morgan fingerprint density at radius 3 is 1.52 bits per heavy atom. The molecule has 266 valence electrons. The summed E-state index contributed by atoms with van der Waals surface area (Å²) in [6, 6.07) is 42.6. The van der Waals surface area contributed by atoms with Crippen molar-refractivity contribution in [1.82, 2.24) is 29.1 Å². The largest absolute Gasteiger partial charge is 0.416 e. The van der Waals surface area contributed by atoms with Crippen LogP contribution in [0.25, 0.3) is 88.9 Å². The van der Waals surface area contributed by atoms with E-state index in [1.54, 1.807) is 49.1 Å². The standard InChI is InChI=1S/C46H26F3N7/c47-46(48,49)32-9-5-8-28(22-32)37-26-40(55-38-12-3-1-10-33(38)35-16-14-29(23-41(35)55)44-51-18-6-19-52-44)31(27-50)25-43(37)56-39-13-4-2-11-34(39)36-17-15-30(24-42(36)56)45-53-20-7-21-54-45/h1-26H. The van der Waals surface area contributed by atoms with Crippen molar-refractivity contribution in [3.63, 3.8) is 0 Å². The van der Waals surface area contributed by atoms with Crippen LogP contribution in [-0.4, -0.2) is 29.1 Å². The third-order valence-electron chi connectivity index (χ3n) is 10.2. The van der Waals surface area contributed by atoms with Crippen molar-refractivity contribution >= 4 is 43.6 Å². The molecule has 4 aromatic heterocycles. The van der Waals surface area contributed by atoms with Gasteiger partial charge >= 0.3 is 6.18 Å². The lowest BCUT2D eigenvalue weighted by Crippen LogP contribution is -2.06. The van der Waals surface area contributed by atoms with E-state index in [-0.39, 0.29) is 0 Å². The lowest BCUT2D eigenvalue weighted by molar-refractivity contribution is -0.137. The first-order valence-corrected chi connectivity index (χ1v) is 17.7. The van der Waals surface area contributed by atoms with Crippen molar-refractivity contribution in [2.45, 2.75) is 6.18 Å². The molecule has 0 atom stereocenters. The summed E-state index contributed by atoms with van der Waals surface area (Å²) in [5.41, 5.74) is 6.22. The zero-order valence-electron chi connectivity index (χ0n) is 29.3. The number of nitrogens with zero attached hydrogens (tertiary/aromatic N) is 7. The van der Waals surface area contributed by atoms with Gasteiger partial charge in [0.15, 0.2) is 11.6 Å².